The summed E-state index contributed by atoms with van der Waals surface area (Å²) in [6.45, 7) is 5.01. The standard InChI is InChI=1S/C18H21NO/c1-13-5-10-18-16(12-13)4-3-11-19(18)17-8-6-15(7-9-17)14(2)20/h5-10,12,14,20H,3-4,11H2,1-2H3. The van der Waals surface area contributed by atoms with Crippen molar-refractivity contribution in [2.75, 3.05) is 11.4 Å². The molecule has 1 atom stereocenters. The summed E-state index contributed by atoms with van der Waals surface area (Å²) in [7, 11) is 0. The van der Waals surface area contributed by atoms with Gasteiger partial charge in [-0.25, -0.2) is 0 Å². The summed E-state index contributed by atoms with van der Waals surface area (Å²) in [5, 5.41) is 9.60. The number of nitrogens with zero attached hydrogens (tertiary/aromatic N) is 1. The fraction of sp³-hybridized carbons (Fsp3) is 0.333. The van der Waals surface area contributed by atoms with Crippen molar-refractivity contribution < 1.29 is 5.11 Å². The van der Waals surface area contributed by atoms with E-state index in [0.717, 1.165) is 12.1 Å². The van der Waals surface area contributed by atoms with Crippen LogP contribution in [0.5, 0.6) is 0 Å². The minimum atomic E-state index is -0.402. The van der Waals surface area contributed by atoms with Gasteiger partial charge in [0.2, 0.25) is 0 Å². The molecule has 2 heteroatoms. The average Bonchev–Trinajstić information content (AvgIpc) is 2.46. The van der Waals surface area contributed by atoms with Crippen molar-refractivity contribution in [3.63, 3.8) is 0 Å². The lowest BCUT2D eigenvalue weighted by atomic mass is 9.98. The van der Waals surface area contributed by atoms with E-state index in [2.05, 4.69) is 42.2 Å². The Labute approximate surface area is 120 Å². The molecule has 0 aliphatic carbocycles. The van der Waals surface area contributed by atoms with E-state index in [4.69, 9.17) is 0 Å². The molecule has 104 valence electrons. The SMILES string of the molecule is Cc1ccc2c(c1)CCCN2c1ccc(C(C)O)cc1. The molecule has 3 rings (SSSR count). The number of aliphatic hydroxyl groups excluding tert-OH is 1. The van der Waals surface area contributed by atoms with Crippen molar-refractivity contribution in [3.05, 3.63) is 59.2 Å². The van der Waals surface area contributed by atoms with Gasteiger partial charge in [-0.15, -0.1) is 0 Å². The second kappa shape index (κ2) is 5.29. The van der Waals surface area contributed by atoms with Crippen molar-refractivity contribution in [2.24, 2.45) is 0 Å². The molecule has 1 N–H and O–H groups in total. The first-order valence-corrected chi connectivity index (χ1v) is 7.30. The molecule has 1 aliphatic heterocycles. The summed E-state index contributed by atoms with van der Waals surface area (Å²) in [4.78, 5) is 2.38. The fourth-order valence-electron chi connectivity index (χ4n) is 2.93. The molecule has 0 spiro atoms. The molecule has 2 nitrogen and oxygen atoms in total. The highest BCUT2D eigenvalue weighted by Crippen LogP contribution is 2.34. The zero-order chi connectivity index (χ0) is 14.1. The molecular formula is C18H21NO. The van der Waals surface area contributed by atoms with Gasteiger partial charge in [0.15, 0.2) is 0 Å². The Morgan fingerprint density at radius 2 is 1.85 bits per heavy atom. The molecule has 0 radical (unpaired) electrons. The molecule has 1 unspecified atom stereocenters. The van der Waals surface area contributed by atoms with Crippen LogP contribution in [0.15, 0.2) is 42.5 Å². The molecule has 2 aromatic rings. The first kappa shape index (κ1) is 13.2. The van der Waals surface area contributed by atoms with Gasteiger partial charge in [0.25, 0.3) is 0 Å². The number of hydrogen-bond donors (Lipinski definition) is 1. The van der Waals surface area contributed by atoms with Crippen molar-refractivity contribution in [3.8, 4) is 0 Å². The van der Waals surface area contributed by atoms with Crippen LogP contribution in [0.1, 0.15) is 36.1 Å². The lowest BCUT2D eigenvalue weighted by Gasteiger charge is -2.31. The predicted octanol–water partition coefficient (Wildman–Crippen LogP) is 4.13. The lowest BCUT2D eigenvalue weighted by Crippen LogP contribution is -2.24. The minimum Gasteiger partial charge on any atom is -0.389 e. The van der Waals surface area contributed by atoms with Crippen LogP contribution in [-0.4, -0.2) is 11.7 Å². The summed E-state index contributed by atoms with van der Waals surface area (Å²) >= 11 is 0. The first-order valence-electron chi connectivity index (χ1n) is 7.30. The van der Waals surface area contributed by atoms with Gasteiger partial charge >= 0.3 is 0 Å². The maximum atomic E-state index is 9.60. The van der Waals surface area contributed by atoms with Crippen molar-refractivity contribution in [1.82, 2.24) is 0 Å². The van der Waals surface area contributed by atoms with Crippen molar-refractivity contribution >= 4 is 11.4 Å². The Kier molecular flexibility index (Phi) is 3.49. The zero-order valence-corrected chi connectivity index (χ0v) is 12.1. The van der Waals surface area contributed by atoms with E-state index in [0.29, 0.717) is 0 Å². The molecular weight excluding hydrogens is 246 g/mol. The van der Waals surface area contributed by atoms with Gasteiger partial charge in [0.05, 0.1) is 6.10 Å². The highest BCUT2D eigenvalue weighted by atomic mass is 16.3. The topological polar surface area (TPSA) is 23.5 Å². The Morgan fingerprint density at radius 3 is 2.55 bits per heavy atom. The number of hydrogen-bond acceptors (Lipinski definition) is 2. The summed E-state index contributed by atoms with van der Waals surface area (Å²) in [6, 6.07) is 15.0. The van der Waals surface area contributed by atoms with Crippen LogP contribution in [0.25, 0.3) is 0 Å². The van der Waals surface area contributed by atoms with Gasteiger partial charge in [-0.05, 0) is 56.0 Å². The summed E-state index contributed by atoms with van der Waals surface area (Å²) in [5.74, 6) is 0. The van der Waals surface area contributed by atoms with Crippen LogP contribution >= 0.6 is 0 Å². The maximum Gasteiger partial charge on any atom is 0.0761 e. The molecule has 0 fully saturated rings. The van der Waals surface area contributed by atoms with Crippen LogP contribution in [0, 0.1) is 6.92 Å². The third-order valence-corrected chi connectivity index (χ3v) is 4.04. The predicted molar refractivity (Wildman–Crippen MR) is 83.6 cm³/mol. The Balaban J connectivity index is 1.96. The molecule has 0 bridgehead atoms. The van der Waals surface area contributed by atoms with E-state index in [1.54, 1.807) is 6.92 Å². The highest BCUT2D eigenvalue weighted by molar-refractivity contribution is 5.68. The number of anilines is 2. The van der Waals surface area contributed by atoms with E-state index < -0.39 is 6.10 Å². The number of benzene rings is 2. The maximum absolute atomic E-state index is 9.60. The lowest BCUT2D eigenvalue weighted by molar-refractivity contribution is 0.199. The summed E-state index contributed by atoms with van der Waals surface area (Å²) < 4.78 is 0. The average molecular weight is 267 g/mol. The normalized spacial score (nSPS) is 15.8. The first-order chi connectivity index (χ1) is 9.65. The van der Waals surface area contributed by atoms with Crippen molar-refractivity contribution in [2.45, 2.75) is 32.8 Å². The molecule has 0 amide bonds. The van der Waals surface area contributed by atoms with Crippen molar-refractivity contribution in [1.29, 1.82) is 0 Å². The van der Waals surface area contributed by atoms with Gasteiger partial charge in [-0.2, -0.15) is 0 Å². The van der Waals surface area contributed by atoms with Crippen LogP contribution in [-0.2, 0) is 6.42 Å². The number of aliphatic hydroxyl groups is 1. The van der Waals surface area contributed by atoms with Gasteiger partial charge in [-0.3, -0.25) is 0 Å². The van der Waals surface area contributed by atoms with E-state index in [-0.39, 0.29) is 0 Å². The van der Waals surface area contributed by atoms with E-state index in [1.165, 1.54) is 35.3 Å². The Morgan fingerprint density at radius 1 is 1.10 bits per heavy atom. The monoisotopic (exact) mass is 267 g/mol. The quantitative estimate of drug-likeness (QED) is 0.884. The third kappa shape index (κ3) is 2.44. The van der Waals surface area contributed by atoms with Gasteiger partial charge in [0, 0.05) is 17.9 Å². The van der Waals surface area contributed by atoms with E-state index in [1.807, 2.05) is 12.1 Å². The molecule has 0 aromatic heterocycles. The van der Waals surface area contributed by atoms with Crippen LogP contribution in [0.4, 0.5) is 11.4 Å². The highest BCUT2D eigenvalue weighted by Gasteiger charge is 2.18. The second-order valence-electron chi connectivity index (χ2n) is 5.65. The van der Waals surface area contributed by atoms with Gasteiger partial charge in [-0.1, -0.05) is 29.8 Å². The molecule has 20 heavy (non-hydrogen) atoms. The Hall–Kier alpha value is -1.80. The largest absolute Gasteiger partial charge is 0.389 e. The summed E-state index contributed by atoms with van der Waals surface area (Å²) in [6.07, 6.45) is 1.95. The van der Waals surface area contributed by atoms with E-state index >= 15 is 0 Å². The van der Waals surface area contributed by atoms with Crippen LogP contribution in [0.3, 0.4) is 0 Å². The van der Waals surface area contributed by atoms with Gasteiger partial charge < -0.3 is 10.0 Å². The molecule has 2 aromatic carbocycles. The number of rotatable bonds is 2. The third-order valence-electron chi connectivity index (χ3n) is 4.04. The van der Waals surface area contributed by atoms with Gasteiger partial charge in [0.1, 0.15) is 0 Å². The smallest absolute Gasteiger partial charge is 0.0761 e. The van der Waals surface area contributed by atoms with E-state index in [9.17, 15) is 5.11 Å². The number of aryl methyl sites for hydroxylation is 2. The fourth-order valence-corrected chi connectivity index (χ4v) is 2.93. The van der Waals surface area contributed by atoms with Crippen LogP contribution in [0.2, 0.25) is 0 Å². The second-order valence-corrected chi connectivity index (χ2v) is 5.65. The van der Waals surface area contributed by atoms with Crippen LogP contribution < -0.4 is 4.90 Å². The number of fused-ring (bicyclic) bond motifs is 1. The minimum absolute atomic E-state index is 0.402. The molecule has 1 heterocycles. The molecule has 0 saturated heterocycles. The Bertz CT molecular complexity index is 601. The molecule has 0 saturated carbocycles. The summed E-state index contributed by atoms with van der Waals surface area (Å²) in [5.41, 5.74) is 6.27. The zero-order valence-electron chi connectivity index (χ0n) is 12.1. The molecule has 1 aliphatic rings.